The first-order chi connectivity index (χ1) is 15.9. The second-order valence-electron chi connectivity index (χ2n) is 6.66. The van der Waals surface area contributed by atoms with Crippen LogP contribution < -0.4 is 23.7 Å². The van der Waals surface area contributed by atoms with Gasteiger partial charge >= 0.3 is 11.9 Å². The molecule has 0 saturated carbocycles. The predicted molar refractivity (Wildman–Crippen MR) is 121 cm³/mol. The van der Waals surface area contributed by atoms with Crippen LogP contribution >= 0.6 is 0 Å². The van der Waals surface area contributed by atoms with Crippen LogP contribution in [0.1, 0.15) is 24.0 Å². The zero-order valence-electron chi connectivity index (χ0n) is 19.1. The maximum Gasteiger partial charge on any atom is 0.306 e. The van der Waals surface area contributed by atoms with Crippen molar-refractivity contribution in [3.63, 3.8) is 0 Å². The summed E-state index contributed by atoms with van der Waals surface area (Å²) in [7, 11) is 6.19. The van der Waals surface area contributed by atoms with Gasteiger partial charge in [0.15, 0.2) is 23.0 Å². The minimum absolute atomic E-state index is 0.00683. The molecule has 0 aromatic heterocycles. The van der Waals surface area contributed by atoms with Crippen molar-refractivity contribution in [2.45, 2.75) is 12.8 Å². The smallest absolute Gasteiger partial charge is 0.306 e. The lowest BCUT2D eigenvalue weighted by atomic mass is 10.1. The lowest BCUT2D eigenvalue weighted by Gasteiger charge is -2.13. The number of ether oxygens (including phenoxy) is 6. The summed E-state index contributed by atoms with van der Waals surface area (Å²) in [5.74, 6) is 0.977. The zero-order valence-corrected chi connectivity index (χ0v) is 19.1. The number of hydrogen-bond acceptors (Lipinski definition) is 8. The molecule has 9 nitrogen and oxygen atoms in total. The molecule has 0 unspecified atom stereocenters. The number of carbonyl (C=O) groups is 2. The van der Waals surface area contributed by atoms with Crippen LogP contribution in [-0.2, 0) is 14.3 Å². The third-order valence-corrected chi connectivity index (χ3v) is 4.49. The Morgan fingerprint density at radius 1 is 0.758 bits per heavy atom. The van der Waals surface area contributed by atoms with E-state index in [1.54, 1.807) is 33.5 Å². The summed E-state index contributed by atoms with van der Waals surface area (Å²) in [5, 5.41) is 8.59. The number of carboxylic acid groups (broad SMARTS) is 1. The quantitative estimate of drug-likeness (QED) is 0.272. The highest BCUT2D eigenvalue weighted by Crippen LogP contribution is 2.38. The van der Waals surface area contributed by atoms with Crippen molar-refractivity contribution in [2.75, 3.05) is 41.7 Å². The molecule has 9 heteroatoms. The highest BCUT2D eigenvalue weighted by Gasteiger charge is 2.12. The summed E-state index contributed by atoms with van der Waals surface area (Å²) in [6.07, 6.45) is 3.33. The van der Waals surface area contributed by atoms with Crippen LogP contribution in [0.25, 0.3) is 12.2 Å². The zero-order chi connectivity index (χ0) is 24.2. The van der Waals surface area contributed by atoms with E-state index in [0.29, 0.717) is 28.7 Å². The van der Waals surface area contributed by atoms with Gasteiger partial charge < -0.3 is 33.5 Å². The van der Waals surface area contributed by atoms with Crippen molar-refractivity contribution in [1.29, 1.82) is 0 Å². The van der Waals surface area contributed by atoms with Gasteiger partial charge in [0.1, 0.15) is 13.2 Å². The van der Waals surface area contributed by atoms with Crippen molar-refractivity contribution >= 4 is 24.1 Å². The molecule has 0 aliphatic carbocycles. The average Bonchev–Trinajstić information content (AvgIpc) is 2.83. The van der Waals surface area contributed by atoms with Crippen LogP contribution in [-0.4, -0.2) is 58.7 Å². The molecule has 0 radical (unpaired) electrons. The van der Waals surface area contributed by atoms with Gasteiger partial charge in [-0.25, -0.2) is 0 Å². The van der Waals surface area contributed by atoms with Crippen LogP contribution in [0.5, 0.6) is 28.7 Å². The van der Waals surface area contributed by atoms with Gasteiger partial charge in [-0.2, -0.15) is 0 Å². The Balaban J connectivity index is 2.07. The number of rotatable bonds is 13. The van der Waals surface area contributed by atoms with E-state index in [-0.39, 0.29) is 26.1 Å². The molecule has 0 atom stereocenters. The fourth-order valence-electron chi connectivity index (χ4n) is 2.89. The van der Waals surface area contributed by atoms with Crippen molar-refractivity contribution in [3.8, 4) is 28.7 Å². The molecule has 2 aromatic rings. The second kappa shape index (κ2) is 12.8. The summed E-state index contributed by atoms with van der Waals surface area (Å²) in [4.78, 5) is 22.0. The van der Waals surface area contributed by atoms with Gasteiger partial charge in [-0.05, 0) is 35.4 Å². The molecule has 2 aromatic carbocycles. The molecule has 0 amide bonds. The second-order valence-corrected chi connectivity index (χ2v) is 6.66. The number of carbonyl (C=O) groups excluding carboxylic acids is 1. The first-order valence-corrected chi connectivity index (χ1v) is 10.1. The lowest BCUT2D eigenvalue weighted by Crippen LogP contribution is -2.13. The number of esters is 1. The highest BCUT2D eigenvalue weighted by molar-refractivity contribution is 5.76. The van der Waals surface area contributed by atoms with E-state index in [4.69, 9.17) is 33.5 Å². The number of methoxy groups -OCH3 is 4. The molecule has 0 aliphatic heterocycles. The topological polar surface area (TPSA) is 110 Å². The van der Waals surface area contributed by atoms with Gasteiger partial charge in [0.05, 0.1) is 41.3 Å². The molecule has 0 heterocycles. The standard InChI is InChI=1S/C24H28O9/c1-28-18-8-7-16(13-19(18)32-11-12-33-23(27)10-9-22(25)26)5-6-17-14-20(29-2)24(31-4)21(15-17)30-3/h5-8,13-15H,9-12H2,1-4H3,(H,25,26)/b6-5+. The van der Waals surface area contributed by atoms with E-state index in [1.165, 1.54) is 7.11 Å². The Morgan fingerprint density at radius 3 is 1.94 bits per heavy atom. The molecule has 0 spiro atoms. The largest absolute Gasteiger partial charge is 0.493 e. The maximum absolute atomic E-state index is 11.5. The average molecular weight is 460 g/mol. The monoisotopic (exact) mass is 460 g/mol. The normalized spacial score (nSPS) is 10.5. The van der Waals surface area contributed by atoms with Crippen LogP contribution in [0.4, 0.5) is 0 Å². The van der Waals surface area contributed by atoms with Crippen LogP contribution in [0, 0.1) is 0 Å². The summed E-state index contributed by atoms with van der Waals surface area (Å²) < 4.78 is 32.1. The van der Waals surface area contributed by atoms with Gasteiger partial charge in [0, 0.05) is 0 Å². The Morgan fingerprint density at radius 2 is 1.36 bits per heavy atom. The van der Waals surface area contributed by atoms with Gasteiger partial charge in [0.2, 0.25) is 5.75 Å². The number of aliphatic carboxylic acids is 1. The molecular weight excluding hydrogens is 432 g/mol. The summed E-state index contributed by atoms with van der Waals surface area (Å²) >= 11 is 0. The van der Waals surface area contributed by atoms with Crippen molar-refractivity contribution < 1.29 is 43.1 Å². The molecule has 0 saturated heterocycles. The van der Waals surface area contributed by atoms with Crippen molar-refractivity contribution in [1.82, 2.24) is 0 Å². The minimum atomic E-state index is -1.05. The highest BCUT2D eigenvalue weighted by atomic mass is 16.6. The Bertz CT molecular complexity index is 957. The molecule has 1 N–H and O–H groups in total. The molecular formula is C24H28O9. The van der Waals surface area contributed by atoms with Crippen LogP contribution in [0.15, 0.2) is 30.3 Å². The predicted octanol–water partition coefficient (Wildman–Crippen LogP) is 3.68. The van der Waals surface area contributed by atoms with E-state index in [0.717, 1.165) is 11.1 Å². The van der Waals surface area contributed by atoms with Gasteiger partial charge in [-0.15, -0.1) is 0 Å². The first-order valence-electron chi connectivity index (χ1n) is 10.1. The third kappa shape index (κ3) is 7.64. The molecule has 2 rings (SSSR count). The Labute approximate surface area is 192 Å². The maximum atomic E-state index is 11.5. The Hall–Kier alpha value is -3.88. The number of carboxylic acids is 1. The SMILES string of the molecule is COc1ccc(/C=C/c2cc(OC)c(OC)c(OC)c2)cc1OCCOC(=O)CCC(=O)O. The lowest BCUT2D eigenvalue weighted by molar-refractivity contribution is -0.148. The van der Waals surface area contributed by atoms with E-state index in [2.05, 4.69) is 0 Å². The fraction of sp³-hybridized carbons (Fsp3) is 0.333. The fourth-order valence-corrected chi connectivity index (χ4v) is 2.89. The minimum Gasteiger partial charge on any atom is -0.493 e. The van der Waals surface area contributed by atoms with Gasteiger partial charge in [-0.1, -0.05) is 18.2 Å². The Kier molecular flexibility index (Phi) is 9.88. The molecule has 178 valence electrons. The van der Waals surface area contributed by atoms with E-state index in [1.807, 2.05) is 30.4 Å². The van der Waals surface area contributed by atoms with Crippen molar-refractivity contribution in [2.24, 2.45) is 0 Å². The first kappa shape index (κ1) is 25.4. The number of hydrogen-bond donors (Lipinski definition) is 1. The van der Waals surface area contributed by atoms with E-state index < -0.39 is 11.9 Å². The van der Waals surface area contributed by atoms with E-state index in [9.17, 15) is 9.59 Å². The molecule has 0 fully saturated rings. The molecule has 33 heavy (non-hydrogen) atoms. The van der Waals surface area contributed by atoms with Crippen molar-refractivity contribution in [3.05, 3.63) is 41.5 Å². The summed E-state index contributed by atoms with van der Waals surface area (Å²) in [5.41, 5.74) is 1.69. The number of benzene rings is 2. The van der Waals surface area contributed by atoms with Gasteiger partial charge in [-0.3, -0.25) is 9.59 Å². The summed E-state index contributed by atoms with van der Waals surface area (Å²) in [6.45, 7) is 0.0856. The van der Waals surface area contributed by atoms with E-state index >= 15 is 0 Å². The molecule has 0 bridgehead atoms. The van der Waals surface area contributed by atoms with Gasteiger partial charge in [0.25, 0.3) is 0 Å². The summed E-state index contributed by atoms with van der Waals surface area (Å²) in [6, 6.07) is 9.09. The molecule has 0 aliphatic rings. The van der Waals surface area contributed by atoms with Crippen LogP contribution in [0.2, 0.25) is 0 Å². The van der Waals surface area contributed by atoms with Crippen LogP contribution in [0.3, 0.4) is 0 Å². The third-order valence-electron chi connectivity index (χ3n) is 4.49.